The molecule has 44 heavy (non-hydrogen) atoms. The molecule has 1 aromatic carbocycles. The molecule has 6 N–H and O–H groups in total. The summed E-state index contributed by atoms with van der Waals surface area (Å²) < 4.78 is 4.71. The second-order valence-corrected chi connectivity index (χ2v) is 12.2. The van der Waals surface area contributed by atoms with E-state index in [4.69, 9.17) is 4.74 Å². The third-order valence-corrected chi connectivity index (χ3v) is 7.20. The first kappa shape index (κ1) is 34.2. The van der Waals surface area contributed by atoms with Crippen LogP contribution in [0.1, 0.15) is 46.1 Å². The van der Waals surface area contributed by atoms with E-state index in [1.165, 1.54) is 12.1 Å². The number of carbonyl (C=O) groups excluding carboxylic acids is 2. The van der Waals surface area contributed by atoms with E-state index in [9.17, 15) is 29.7 Å². The smallest absolute Gasteiger partial charge is 0.407 e. The molecule has 0 saturated heterocycles. The number of aliphatic hydroxyl groups is 2. The minimum absolute atomic E-state index is 0.150. The van der Waals surface area contributed by atoms with E-state index in [0.717, 1.165) is 22.4 Å². The Bertz CT molecular complexity index is 1340. The lowest BCUT2D eigenvalue weighted by atomic mass is 9.86. The van der Waals surface area contributed by atoms with Crippen LogP contribution in [0.2, 0.25) is 0 Å². The molecular weight excluding hydrogens is 566 g/mol. The van der Waals surface area contributed by atoms with Crippen LogP contribution in [-0.4, -0.2) is 80.8 Å². The molecule has 1 heterocycles. The van der Waals surface area contributed by atoms with Crippen LogP contribution in [0.15, 0.2) is 72.5 Å². The van der Waals surface area contributed by atoms with Crippen LogP contribution in [-0.2, 0) is 16.1 Å². The van der Waals surface area contributed by atoms with Gasteiger partial charge in [0, 0.05) is 24.8 Å². The molecule has 3 rings (SSSR count). The van der Waals surface area contributed by atoms with Gasteiger partial charge in [-0.2, -0.15) is 0 Å². The first-order valence-corrected chi connectivity index (χ1v) is 14.4. The number of rotatable bonds is 12. The molecule has 3 amide bonds. The first-order chi connectivity index (χ1) is 20.7. The highest BCUT2D eigenvalue weighted by molar-refractivity contribution is 5.86. The fourth-order valence-electron chi connectivity index (χ4n) is 4.72. The Morgan fingerprint density at radius 3 is 2.36 bits per heavy atom. The number of carboxylic acid groups (broad SMARTS) is 1. The number of aromatic nitrogens is 1. The largest absolute Gasteiger partial charge is 0.465 e. The van der Waals surface area contributed by atoms with Gasteiger partial charge in [-0.3, -0.25) is 15.2 Å². The molecule has 0 radical (unpaired) electrons. The quantitative estimate of drug-likeness (QED) is 0.197. The third kappa shape index (κ3) is 10.5. The van der Waals surface area contributed by atoms with Gasteiger partial charge in [0.1, 0.15) is 6.04 Å². The Hall–Kier alpha value is -4.26. The highest BCUT2D eigenvalue weighted by Crippen LogP contribution is 2.24. The molecule has 2 aromatic rings. The molecule has 0 fully saturated rings. The zero-order chi connectivity index (χ0) is 32.5. The minimum atomic E-state index is -1.31. The molecule has 0 saturated carbocycles. The second-order valence-electron chi connectivity index (χ2n) is 12.2. The molecule has 1 unspecified atom stereocenters. The molecule has 1 aliphatic rings. The Labute approximate surface area is 257 Å². The fraction of sp³-hybridized carbons (Fsp3) is 0.438. The maximum atomic E-state index is 13.5. The van der Waals surface area contributed by atoms with Crippen molar-refractivity contribution >= 4 is 18.1 Å². The Balaban J connectivity index is 1.85. The number of aliphatic hydroxyl groups excluding tert-OH is 1. The van der Waals surface area contributed by atoms with Gasteiger partial charge < -0.3 is 30.7 Å². The van der Waals surface area contributed by atoms with E-state index in [0.29, 0.717) is 6.42 Å². The number of amides is 3. The predicted molar refractivity (Wildman–Crippen MR) is 165 cm³/mol. The molecule has 12 heteroatoms. The van der Waals surface area contributed by atoms with Crippen molar-refractivity contribution in [1.29, 1.82) is 0 Å². The number of hydrazine groups is 1. The predicted octanol–water partition coefficient (Wildman–Crippen LogP) is 3.38. The number of hydrogen-bond acceptors (Lipinski definition) is 8. The number of methoxy groups -OCH3 is 1. The first-order valence-electron chi connectivity index (χ1n) is 14.4. The van der Waals surface area contributed by atoms with Gasteiger partial charge in [0.2, 0.25) is 0 Å². The third-order valence-electron chi connectivity index (χ3n) is 7.20. The van der Waals surface area contributed by atoms with E-state index in [-0.39, 0.29) is 19.5 Å². The Morgan fingerprint density at radius 1 is 1.11 bits per heavy atom. The molecule has 4 atom stereocenters. The number of pyridine rings is 1. The van der Waals surface area contributed by atoms with E-state index in [1.807, 2.05) is 42.5 Å². The van der Waals surface area contributed by atoms with Gasteiger partial charge in [0.25, 0.3) is 5.91 Å². The summed E-state index contributed by atoms with van der Waals surface area (Å²) in [4.78, 5) is 41.6. The second kappa shape index (κ2) is 15.0. The van der Waals surface area contributed by atoms with Gasteiger partial charge in [-0.1, -0.05) is 69.3 Å². The molecule has 1 aromatic heterocycles. The number of benzene rings is 1. The van der Waals surface area contributed by atoms with Crippen LogP contribution in [0.4, 0.5) is 9.59 Å². The van der Waals surface area contributed by atoms with Gasteiger partial charge in [0.15, 0.2) is 0 Å². The zero-order valence-corrected chi connectivity index (χ0v) is 25.8. The summed E-state index contributed by atoms with van der Waals surface area (Å²) in [6.45, 7) is 7.05. The molecule has 238 valence electrons. The normalized spacial score (nSPS) is 18.5. The van der Waals surface area contributed by atoms with Crippen LogP contribution in [0.3, 0.4) is 0 Å². The molecule has 0 aliphatic heterocycles. The average molecular weight is 610 g/mol. The number of nitrogens with one attached hydrogen (secondary N) is 3. The van der Waals surface area contributed by atoms with Gasteiger partial charge in [-0.25, -0.2) is 14.6 Å². The monoisotopic (exact) mass is 609 g/mol. The van der Waals surface area contributed by atoms with E-state index >= 15 is 0 Å². The number of alkyl carbamates (subject to hydrolysis) is 1. The van der Waals surface area contributed by atoms with Crippen LogP contribution >= 0.6 is 0 Å². The number of nitrogens with zero attached hydrogens (tertiary/aromatic N) is 2. The molecule has 0 bridgehead atoms. The van der Waals surface area contributed by atoms with Crippen molar-refractivity contribution in [2.24, 2.45) is 5.41 Å². The van der Waals surface area contributed by atoms with E-state index < -0.39 is 47.3 Å². The SMILES string of the molecule is COC(=O)N[C@H](C(=O)NN(Cc1ccc(-c2ccccn2)cc1)C[C@H](O)[C@H](CC1=CCC(C)(O)C=C1)NC(=O)O)C(C)(C)C. The number of hydrogen-bond donors (Lipinski definition) is 6. The summed E-state index contributed by atoms with van der Waals surface area (Å²) in [6.07, 6.45) is 4.04. The molecular formula is C32H43N5O7. The van der Waals surface area contributed by atoms with Crippen molar-refractivity contribution in [3.05, 3.63) is 78.0 Å². The lowest BCUT2D eigenvalue weighted by Gasteiger charge is -2.34. The Kier molecular flexibility index (Phi) is 11.6. The number of allylic oxidation sites excluding steroid dienone is 1. The van der Waals surface area contributed by atoms with Gasteiger partial charge in [-0.15, -0.1) is 0 Å². The number of carbonyl (C=O) groups is 3. The summed E-state index contributed by atoms with van der Waals surface area (Å²) in [6, 6.07) is 11.3. The van der Waals surface area contributed by atoms with Gasteiger partial charge in [-0.05, 0) is 48.4 Å². The Morgan fingerprint density at radius 2 is 1.82 bits per heavy atom. The lowest BCUT2D eigenvalue weighted by molar-refractivity contribution is -0.131. The minimum Gasteiger partial charge on any atom is -0.465 e. The van der Waals surface area contributed by atoms with Crippen molar-refractivity contribution in [2.75, 3.05) is 13.7 Å². The molecule has 0 spiro atoms. The van der Waals surface area contributed by atoms with Crippen molar-refractivity contribution < 1.29 is 34.4 Å². The lowest BCUT2D eigenvalue weighted by Crippen LogP contribution is -2.59. The molecule has 1 aliphatic carbocycles. The van der Waals surface area contributed by atoms with Crippen molar-refractivity contribution in [2.45, 2.75) is 70.9 Å². The van der Waals surface area contributed by atoms with E-state index in [1.54, 1.807) is 52.1 Å². The summed E-state index contributed by atoms with van der Waals surface area (Å²) in [5, 5.41) is 37.5. The summed E-state index contributed by atoms with van der Waals surface area (Å²) in [5.41, 5.74) is 4.39. The van der Waals surface area contributed by atoms with E-state index in [2.05, 4.69) is 21.0 Å². The summed E-state index contributed by atoms with van der Waals surface area (Å²) >= 11 is 0. The van der Waals surface area contributed by atoms with Crippen molar-refractivity contribution in [1.82, 2.24) is 26.1 Å². The fourth-order valence-corrected chi connectivity index (χ4v) is 4.72. The van der Waals surface area contributed by atoms with Crippen molar-refractivity contribution in [3.63, 3.8) is 0 Å². The maximum Gasteiger partial charge on any atom is 0.407 e. The standard InChI is InChI=1S/C32H43N5O7/c1-31(2,3)27(35-30(42)44-5)28(39)36-37(19-22-9-11-23(12-10-22)24-8-6-7-17-33-24)20-26(38)25(34-29(40)41)18-21-13-15-32(4,43)16-14-21/h6-15,17,25-27,34,38,43H,16,18-20H2,1-5H3,(H,35,42)(H,36,39)(H,40,41)/t25-,26-,27+,32?/m0/s1. The summed E-state index contributed by atoms with van der Waals surface area (Å²) in [5.74, 6) is -0.539. The highest BCUT2D eigenvalue weighted by atomic mass is 16.5. The van der Waals surface area contributed by atoms with Crippen LogP contribution in [0.25, 0.3) is 11.3 Å². The topological polar surface area (TPSA) is 173 Å². The summed E-state index contributed by atoms with van der Waals surface area (Å²) in [7, 11) is 1.21. The number of ether oxygens (including phenoxy) is 1. The van der Waals surface area contributed by atoms with Crippen LogP contribution in [0, 0.1) is 5.41 Å². The highest BCUT2D eigenvalue weighted by Gasteiger charge is 2.35. The maximum absolute atomic E-state index is 13.5. The van der Waals surface area contributed by atoms with Gasteiger partial charge >= 0.3 is 12.2 Å². The van der Waals surface area contributed by atoms with Gasteiger partial charge in [0.05, 0.1) is 30.6 Å². The van der Waals surface area contributed by atoms with Crippen LogP contribution < -0.4 is 16.1 Å². The van der Waals surface area contributed by atoms with Crippen molar-refractivity contribution in [3.8, 4) is 11.3 Å². The van der Waals surface area contributed by atoms with Crippen LogP contribution in [0.5, 0.6) is 0 Å². The molecule has 12 nitrogen and oxygen atoms in total. The average Bonchev–Trinajstić information content (AvgIpc) is 2.96. The zero-order valence-electron chi connectivity index (χ0n) is 25.8.